The standard InChI is InChI=1S/C13H19N3O2/c1-18-11-8-10(4-7-15-11)9-16-12(17)13(14)5-2-3-6-13/h4,7-8H,2-3,5-6,9,14H2,1H3,(H,16,17). The Morgan fingerprint density at radius 1 is 1.56 bits per heavy atom. The van der Waals surface area contributed by atoms with Gasteiger partial charge in [-0.1, -0.05) is 12.8 Å². The van der Waals surface area contributed by atoms with Gasteiger partial charge in [0.1, 0.15) is 0 Å². The largest absolute Gasteiger partial charge is 0.481 e. The van der Waals surface area contributed by atoms with E-state index >= 15 is 0 Å². The van der Waals surface area contributed by atoms with Crippen LogP contribution in [-0.2, 0) is 11.3 Å². The first kappa shape index (κ1) is 12.8. The van der Waals surface area contributed by atoms with Gasteiger partial charge in [-0.3, -0.25) is 4.79 Å². The van der Waals surface area contributed by atoms with Crippen LogP contribution in [0.1, 0.15) is 31.2 Å². The van der Waals surface area contributed by atoms with Gasteiger partial charge in [0.2, 0.25) is 11.8 Å². The molecule has 0 bridgehead atoms. The van der Waals surface area contributed by atoms with E-state index in [1.807, 2.05) is 6.07 Å². The monoisotopic (exact) mass is 249 g/mol. The van der Waals surface area contributed by atoms with Crippen LogP contribution in [0.4, 0.5) is 0 Å². The van der Waals surface area contributed by atoms with Crippen molar-refractivity contribution in [1.29, 1.82) is 0 Å². The molecule has 2 rings (SSSR count). The molecule has 0 aliphatic heterocycles. The number of rotatable bonds is 4. The Hall–Kier alpha value is -1.62. The van der Waals surface area contributed by atoms with Crippen molar-refractivity contribution in [2.24, 2.45) is 5.73 Å². The van der Waals surface area contributed by atoms with Gasteiger partial charge in [0.05, 0.1) is 12.6 Å². The molecule has 1 aromatic heterocycles. The summed E-state index contributed by atoms with van der Waals surface area (Å²) in [6, 6.07) is 3.65. The van der Waals surface area contributed by atoms with Crippen LogP contribution in [0.25, 0.3) is 0 Å². The maximum absolute atomic E-state index is 12.0. The normalized spacial score (nSPS) is 17.4. The van der Waals surface area contributed by atoms with Crippen molar-refractivity contribution in [3.05, 3.63) is 23.9 Å². The van der Waals surface area contributed by atoms with E-state index in [-0.39, 0.29) is 5.91 Å². The van der Waals surface area contributed by atoms with Gasteiger partial charge in [-0.05, 0) is 24.5 Å². The minimum atomic E-state index is -0.670. The summed E-state index contributed by atoms with van der Waals surface area (Å²) in [6.07, 6.45) is 5.28. The summed E-state index contributed by atoms with van der Waals surface area (Å²) in [7, 11) is 1.57. The first-order valence-corrected chi connectivity index (χ1v) is 6.20. The van der Waals surface area contributed by atoms with E-state index in [2.05, 4.69) is 10.3 Å². The second-order valence-corrected chi connectivity index (χ2v) is 4.75. The average Bonchev–Trinajstić information content (AvgIpc) is 2.84. The summed E-state index contributed by atoms with van der Waals surface area (Å²) < 4.78 is 5.03. The van der Waals surface area contributed by atoms with E-state index in [1.54, 1.807) is 19.4 Å². The van der Waals surface area contributed by atoms with E-state index in [4.69, 9.17) is 10.5 Å². The molecule has 0 aromatic carbocycles. The molecule has 1 aliphatic carbocycles. The van der Waals surface area contributed by atoms with Crippen molar-refractivity contribution in [3.8, 4) is 5.88 Å². The highest BCUT2D eigenvalue weighted by Gasteiger charge is 2.36. The lowest BCUT2D eigenvalue weighted by Gasteiger charge is -2.22. The van der Waals surface area contributed by atoms with Crippen LogP contribution in [0, 0.1) is 0 Å². The zero-order chi connectivity index (χ0) is 13.0. The third-order valence-corrected chi connectivity index (χ3v) is 3.41. The zero-order valence-electron chi connectivity index (χ0n) is 10.6. The number of nitrogens with zero attached hydrogens (tertiary/aromatic N) is 1. The lowest BCUT2D eigenvalue weighted by Crippen LogP contribution is -2.51. The Balaban J connectivity index is 1.92. The number of carbonyl (C=O) groups is 1. The number of methoxy groups -OCH3 is 1. The van der Waals surface area contributed by atoms with Crippen LogP contribution < -0.4 is 15.8 Å². The van der Waals surface area contributed by atoms with Crippen LogP contribution in [0.15, 0.2) is 18.3 Å². The number of pyridine rings is 1. The Morgan fingerprint density at radius 3 is 2.94 bits per heavy atom. The maximum atomic E-state index is 12.0. The lowest BCUT2D eigenvalue weighted by atomic mass is 9.98. The number of amides is 1. The number of ether oxygens (including phenoxy) is 1. The molecule has 0 radical (unpaired) electrons. The number of nitrogens with one attached hydrogen (secondary N) is 1. The van der Waals surface area contributed by atoms with E-state index < -0.39 is 5.54 Å². The Morgan fingerprint density at radius 2 is 2.28 bits per heavy atom. The van der Waals surface area contributed by atoms with Crippen LogP contribution >= 0.6 is 0 Å². The molecule has 98 valence electrons. The van der Waals surface area contributed by atoms with Crippen molar-refractivity contribution in [3.63, 3.8) is 0 Å². The summed E-state index contributed by atoms with van der Waals surface area (Å²) in [4.78, 5) is 16.0. The van der Waals surface area contributed by atoms with Crippen molar-refractivity contribution in [2.45, 2.75) is 37.8 Å². The van der Waals surface area contributed by atoms with Gasteiger partial charge < -0.3 is 15.8 Å². The van der Waals surface area contributed by atoms with E-state index in [1.165, 1.54) is 0 Å². The molecule has 1 aromatic rings. The highest BCUT2D eigenvalue weighted by atomic mass is 16.5. The number of hydrogen-bond acceptors (Lipinski definition) is 4. The first-order chi connectivity index (χ1) is 8.64. The fourth-order valence-electron chi connectivity index (χ4n) is 2.26. The molecule has 0 saturated heterocycles. The van der Waals surface area contributed by atoms with Crippen LogP contribution in [-0.4, -0.2) is 23.5 Å². The molecule has 0 spiro atoms. The van der Waals surface area contributed by atoms with E-state index in [9.17, 15) is 4.79 Å². The quantitative estimate of drug-likeness (QED) is 0.833. The summed E-state index contributed by atoms with van der Waals surface area (Å²) in [6.45, 7) is 0.455. The second-order valence-electron chi connectivity index (χ2n) is 4.75. The number of nitrogens with two attached hydrogens (primary N) is 1. The zero-order valence-corrected chi connectivity index (χ0v) is 10.6. The SMILES string of the molecule is COc1cc(CNC(=O)C2(N)CCCC2)ccn1. The highest BCUT2D eigenvalue weighted by Crippen LogP contribution is 2.27. The molecular weight excluding hydrogens is 230 g/mol. The summed E-state index contributed by atoms with van der Waals surface area (Å²) in [5.74, 6) is 0.487. The van der Waals surface area contributed by atoms with Gasteiger partial charge in [0.15, 0.2) is 0 Å². The summed E-state index contributed by atoms with van der Waals surface area (Å²) >= 11 is 0. The molecule has 5 heteroatoms. The van der Waals surface area contributed by atoms with Crippen LogP contribution in [0.5, 0.6) is 5.88 Å². The topological polar surface area (TPSA) is 77.2 Å². The van der Waals surface area contributed by atoms with Crippen molar-refractivity contribution in [1.82, 2.24) is 10.3 Å². The minimum absolute atomic E-state index is 0.0595. The molecule has 1 saturated carbocycles. The van der Waals surface area contributed by atoms with Gasteiger partial charge in [-0.25, -0.2) is 4.98 Å². The predicted molar refractivity (Wildman–Crippen MR) is 68.0 cm³/mol. The van der Waals surface area contributed by atoms with Crippen molar-refractivity contribution < 1.29 is 9.53 Å². The smallest absolute Gasteiger partial charge is 0.240 e. The Bertz CT molecular complexity index is 428. The predicted octanol–water partition coefficient (Wildman–Crippen LogP) is 0.978. The average molecular weight is 249 g/mol. The minimum Gasteiger partial charge on any atom is -0.481 e. The van der Waals surface area contributed by atoms with Gasteiger partial charge >= 0.3 is 0 Å². The molecule has 18 heavy (non-hydrogen) atoms. The molecule has 1 heterocycles. The van der Waals surface area contributed by atoms with E-state index in [0.717, 1.165) is 31.2 Å². The third-order valence-electron chi connectivity index (χ3n) is 3.41. The second kappa shape index (κ2) is 5.35. The third kappa shape index (κ3) is 2.79. The van der Waals surface area contributed by atoms with Gasteiger partial charge in [0, 0.05) is 18.8 Å². The van der Waals surface area contributed by atoms with Crippen molar-refractivity contribution in [2.75, 3.05) is 7.11 Å². The molecule has 0 unspecified atom stereocenters. The Labute approximate surface area is 107 Å². The van der Waals surface area contributed by atoms with Crippen LogP contribution in [0.3, 0.4) is 0 Å². The summed E-state index contributed by atoms with van der Waals surface area (Å²) in [5.41, 5.74) is 6.36. The fraction of sp³-hybridized carbons (Fsp3) is 0.538. The number of hydrogen-bond donors (Lipinski definition) is 2. The first-order valence-electron chi connectivity index (χ1n) is 6.20. The lowest BCUT2D eigenvalue weighted by molar-refractivity contribution is -0.126. The fourth-order valence-corrected chi connectivity index (χ4v) is 2.26. The van der Waals surface area contributed by atoms with Gasteiger partial charge in [0.25, 0.3) is 0 Å². The van der Waals surface area contributed by atoms with Gasteiger partial charge in [-0.2, -0.15) is 0 Å². The van der Waals surface area contributed by atoms with Gasteiger partial charge in [-0.15, -0.1) is 0 Å². The maximum Gasteiger partial charge on any atom is 0.240 e. The molecule has 3 N–H and O–H groups in total. The summed E-state index contributed by atoms with van der Waals surface area (Å²) in [5, 5.41) is 2.89. The molecule has 1 amide bonds. The van der Waals surface area contributed by atoms with E-state index in [0.29, 0.717) is 12.4 Å². The van der Waals surface area contributed by atoms with Crippen LogP contribution in [0.2, 0.25) is 0 Å². The molecule has 0 atom stereocenters. The Kier molecular flexibility index (Phi) is 3.81. The number of carbonyl (C=O) groups excluding carboxylic acids is 1. The molecule has 1 aliphatic rings. The molecule has 5 nitrogen and oxygen atoms in total. The highest BCUT2D eigenvalue weighted by molar-refractivity contribution is 5.86. The molecule has 1 fully saturated rings. The number of aromatic nitrogens is 1. The van der Waals surface area contributed by atoms with Crippen molar-refractivity contribution >= 4 is 5.91 Å². The molecular formula is C13H19N3O2.